The third-order valence-electron chi connectivity index (χ3n) is 5.15. The Kier molecular flexibility index (Phi) is 6.96. The molecule has 0 aromatic heterocycles. The number of hydrogen-bond acceptors (Lipinski definition) is 2. The normalized spacial score (nSPS) is 25.5. The highest BCUT2D eigenvalue weighted by Crippen LogP contribution is 2.40. The van der Waals surface area contributed by atoms with Crippen LogP contribution in [0.4, 0.5) is 0 Å². The van der Waals surface area contributed by atoms with Crippen molar-refractivity contribution in [2.24, 2.45) is 5.92 Å². The minimum Gasteiger partial charge on any atom is -0.508 e. The van der Waals surface area contributed by atoms with Crippen molar-refractivity contribution in [1.29, 1.82) is 0 Å². The lowest BCUT2D eigenvalue weighted by atomic mass is 9.68. The van der Waals surface area contributed by atoms with E-state index in [4.69, 9.17) is 0 Å². The van der Waals surface area contributed by atoms with Gasteiger partial charge in [-0.3, -0.25) is 0 Å². The van der Waals surface area contributed by atoms with Crippen LogP contribution in [0.1, 0.15) is 45.6 Å². The van der Waals surface area contributed by atoms with Gasteiger partial charge in [0.1, 0.15) is 5.75 Å². The number of rotatable bonds is 5. The van der Waals surface area contributed by atoms with Gasteiger partial charge in [-0.2, -0.15) is 0 Å². The van der Waals surface area contributed by atoms with Crippen molar-refractivity contribution in [2.75, 3.05) is 19.6 Å². The largest absolute Gasteiger partial charge is 0.508 e. The zero-order valence-corrected chi connectivity index (χ0v) is 15.0. The average Bonchev–Trinajstić information content (AvgIpc) is 2.42. The molecule has 2 nitrogen and oxygen atoms in total. The molecule has 1 saturated heterocycles. The monoisotopic (exact) mass is 323 g/mol. The average molecular weight is 324 g/mol. The molecular formula is C19H30ClNO. The van der Waals surface area contributed by atoms with E-state index in [-0.39, 0.29) is 17.8 Å². The molecule has 1 aliphatic rings. The molecule has 22 heavy (non-hydrogen) atoms. The standard InChI is InChI=1S/C19H29NO.ClH/c1-15(2)7-6-11-20-12-10-19(4,16(3)14-20)17-8-5-9-18(21)13-17;/h5,8-9,13,16,21H,1,6-7,10-12,14H2,2-4H3;1H. The molecule has 1 aromatic rings. The number of hydrogen-bond donors (Lipinski definition) is 1. The van der Waals surface area contributed by atoms with Crippen LogP contribution in [0, 0.1) is 5.92 Å². The van der Waals surface area contributed by atoms with Crippen LogP contribution in [-0.4, -0.2) is 29.6 Å². The molecule has 3 heteroatoms. The van der Waals surface area contributed by atoms with Crippen molar-refractivity contribution >= 4 is 12.4 Å². The first kappa shape index (κ1) is 19.1. The van der Waals surface area contributed by atoms with Gasteiger partial charge in [-0.05, 0) is 68.3 Å². The Hall–Kier alpha value is -0.990. The van der Waals surface area contributed by atoms with Gasteiger partial charge in [-0.1, -0.05) is 31.6 Å². The molecule has 0 spiro atoms. The molecule has 0 aliphatic carbocycles. The maximum atomic E-state index is 9.75. The number of halogens is 1. The van der Waals surface area contributed by atoms with Crippen LogP contribution < -0.4 is 0 Å². The van der Waals surface area contributed by atoms with Gasteiger partial charge < -0.3 is 10.0 Å². The highest BCUT2D eigenvalue weighted by atomic mass is 35.5. The Bertz CT molecular complexity index is 502. The van der Waals surface area contributed by atoms with E-state index in [0.29, 0.717) is 11.7 Å². The molecule has 124 valence electrons. The SMILES string of the molecule is C=C(C)CCCN1CCC(C)(c2cccc(O)c2)C(C)C1.Cl. The van der Waals surface area contributed by atoms with Crippen LogP contribution in [0.5, 0.6) is 5.75 Å². The third-order valence-corrected chi connectivity index (χ3v) is 5.15. The number of benzene rings is 1. The van der Waals surface area contributed by atoms with Gasteiger partial charge in [0.2, 0.25) is 0 Å². The maximum absolute atomic E-state index is 9.75. The molecule has 1 N–H and O–H groups in total. The number of likely N-dealkylation sites (tertiary alicyclic amines) is 1. The van der Waals surface area contributed by atoms with E-state index < -0.39 is 0 Å². The van der Waals surface area contributed by atoms with E-state index in [1.165, 1.54) is 24.1 Å². The summed E-state index contributed by atoms with van der Waals surface area (Å²) in [7, 11) is 0. The topological polar surface area (TPSA) is 23.5 Å². The number of nitrogens with zero attached hydrogens (tertiary/aromatic N) is 1. The highest BCUT2D eigenvalue weighted by molar-refractivity contribution is 5.85. The van der Waals surface area contributed by atoms with Crippen molar-refractivity contribution in [3.8, 4) is 5.75 Å². The second-order valence-corrected chi connectivity index (χ2v) is 6.98. The first-order valence-electron chi connectivity index (χ1n) is 8.08. The van der Waals surface area contributed by atoms with Crippen molar-refractivity contribution in [3.63, 3.8) is 0 Å². The zero-order valence-electron chi connectivity index (χ0n) is 14.1. The van der Waals surface area contributed by atoms with Gasteiger partial charge in [-0.15, -0.1) is 19.0 Å². The van der Waals surface area contributed by atoms with E-state index >= 15 is 0 Å². The fourth-order valence-electron chi connectivity index (χ4n) is 3.41. The summed E-state index contributed by atoms with van der Waals surface area (Å²) < 4.78 is 0. The summed E-state index contributed by atoms with van der Waals surface area (Å²) in [6.45, 7) is 14.2. The van der Waals surface area contributed by atoms with Gasteiger partial charge in [0.05, 0.1) is 0 Å². The highest BCUT2D eigenvalue weighted by Gasteiger charge is 2.37. The van der Waals surface area contributed by atoms with Gasteiger partial charge in [0, 0.05) is 6.54 Å². The fourth-order valence-corrected chi connectivity index (χ4v) is 3.41. The van der Waals surface area contributed by atoms with E-state index in [1.807, 2.05) is 12.1 Å². The van der Waals surface area contributed by atoms with Crippen LogP contribution in [0.15, 0.2) is 36.4 Å². The molecule has 1 aromatic carbocycles. The molecule has 2 atom stereocenters. The number of piperidine rings is 1. The second-order valence-electron chi connectivity index (χ2n) is 6.98. The van der Waals surface area contributed by atoms with Crippen LogP contribution >= 0.6 is 12.4 Å². The summed E-state index contributed by atoms with van der Waals surface area (Å²) in [6.07, 6.45) is 3.50. The predicted molar refractivity (Wildman–Crippen MR) is 97.0 cm³/mol. The summed E-state index contributed by atoms with van der Waals surface area (Å²) in [4.78, 5) is 2.58. The molecular weight excluding hydrogens is 294 g/mol. The molecule has 0 bridgehead atoms. The number of allylic oxidation sites excluding steroid dienone is 1. The van der Waals surface area contributed by atoms with E-state index in [9.17, 15) is 5.11 Å². The predicted octanol–water partition coefficient (Wildman–Crippen LogP) is 4.77. The summed E-state index contributed by atoms with van der Waals surface area (Å²) >= 11 is 0. The van der Waals surface area contributed by atoms with Crippen molar-refractivity contribution in [1.82, 2.24) is 4.90 Å². The van der Waals surface area contributed by atoms with Crippen LogP contribution in [0.25, 0.3) is 0 Å². The number of phenols is 1. The van der Waals surface area contributed by atoms with Gasteiger partial charge >= 0.3 is 0 Å². The van der Waals surface area contributed by atoms with E-state index in [1.54, 1.807) is 6.07 Å². The molecule has 0 saturated carbocycles. The lowest BCUT2D eigenvalue weighted by Gasteiger charge is -2.45. The van der Waals surface area contributed by atoms with Gasteiger partial charge in [0.25, 0.3) is 0 Å². The van der Waals surface area contributed by atoms with Gasteiger partial charge in [0.15, 0.2) is 0 Å². The number of phenolic OH excluding ortho intramolecular Hbond substituents is 1. The Morgan fingerprint density at radius 1 is 1.45 bits per heavy atom. The quantitative estimate of drug-likeness (QED) is 0.789. The fraction of sp³-hybridized carbons (Fsp3) is 0.579. The van der Waals surface area contributed by atoms with Gasteiger partial charge in [-0.25, -0.2) is 0 Å². The van der Waals surface area contributed by atoms with E-state index in [2.05, 4.69) is 38.3 Å². The molecule has 2 rings (SSSR count). The van der Waals surface area contributed by atoms with E-state index in [0.717, 1.165) is 25.9 Å². The lowest BCUT2D eigenvalue weighted by Crippen LogP contribution is -2.47. The lowest BCUT2D eigenvalue weighted by molar-refractivity contribution is 0.110. The van der Waals surface area contributed by atoms with Crippen LogP contribution in [0.3, 0.4) is 0 Å². The minimum atomic E-state index is 0. The van der Waals surface area contributed by atoms with Crippen LogP contribution in [-0.2, 0) is 5.41 Å². The second kappa shape index (κ2) is 8.03. The minimum absolute atomic E-state index is 0. The maximum Gasteiger partial charge on any atom is 0.115 e. The first-order chi connectivity index (χ1) is 9.91. The number of aromatic hydroxyl groups is 1. The van der Waals surface area contributed by atoms with Crippen molar-refractivity contribution in [3.05, 3.63) is 42.0 Å². The Morgan fingerprint density at radius 2 is 2.18 bits per heavy atom. The Balaban J connectivity index is 0.00000242. The third kappa shape index (κ3) is 4.50. The van der Waals surface area contributed by atoms with Crippen LogP contribution in [0.2, 0.25) is 0 Å². The van der Waals surface area contributed by atoms with Crippen molar-refractivity contribution < 1.29 is 5.11 Å². The first-order valence-corrected chi connectivity index (χ1v) is 8.08. The summed E-state index contributed by atoms with van der Waals surface area (Å²) in [6, 6.07) is 7.81. The molecule has 0 radical (unpaired) electrons. The molecule has 0 amide bonds. The van der Waals surface area contributed by atoms with Crippen molar-refractivity contribution in [2.45, 2.75) is 45.4 Å². The zero-order chi connectivity index (χ0) is 15.5. The Morgan fingerprint density at radius 3 is 2.77 bits per heavy atom. The summed E-state index contributed by atoms with van der Waals surface area (Å²) in [5.41, 5.74) is 2.73. The molecule has 1 aliphatic heterocycles. The smallest absolute Gasteiger partial charge is 0.115 e. The Labute approximate surface area is 141 Å². The summed E-state index contributed by atoms with van der Waals surface area (Å²) in [5, 5.41) is 9.75. The molecule has 2 unspecified atom stereocenters. The molecule has 1 fully saturated rings. The summed E-state index contributed by atoms with van der Waals surface area (Å²) in [5.74, 6) is 0.975. The molecule has 1 heterocycles.